The number of nitrogens with one attached hydrogen (secondary N) is 6. The molecule has 0 aliphatic carbocycles. The molecule has 7 aliphatic rings. The normalized spacial score (nSPS) is 28.0. The van der Waals surface area contributed by atoms with E-state index in [0.717, 1.165) is 99.5 Å². The Morgan fingerprint density at radius 2 is 1.34 bits per heavy atom. The summed E-state index contributed by atoms with van der Waals surface area (Å²) in [7, 11) is 1.50. The summed E-state index contributed by atoms with van der Waals surface area (Å²) >= 11 is 14.3. The fourth-order valence-corrected chi connectivity index (χ4v) is 15.2. The van der Waals surface area contributed by atoms with E-state index < -0.39 is 238 Å². The van der Waals surface area contributed by atoms with Gasteiger partial charge in [0.2, 0.25) is 41.6 Å². The molecule has 0 saturated carbocycles. The Bertz CT molecular complexity index is 4270. The summed E-state index contributed by atoms with van der Waals surface area (Å²) in [6, 6.07) is 4.84. The number of aliphatic carboxylic acids is 1. The van der Waals surface area contributed by atoms with Crippen LogP contribution < -0.4 is 51.8 Å². The summed E-state index contributed by atoms with van der Waals surface area (Å²) in [5.41, 5.74) is 2.36. The first-order valence-corrected chi connectivity index (χ1v) is 37.8. The van der Waals surface area contributed by atoms with Crippen LogP contribution in [-0.2, 0) is 52.6 Å². The Morgan fingerprint density at radius 1 is 0.712 bits per heavy atom. The van der Waals surface area contributed by atoms with Crippen molar-refractivity contribution in [2.45, 2.75) is 221 Å². The molecule has 18 N–H and O–H groups in total. The molecule has 5 aromatic carbocycles. The van der Waals surface area contributed by atoms with Crippen molar-refractivity contribution in [2.24, 2.45) is 17.6 Å². The third-order valence-corrected chi connectivity index (χ3v) is 21.5. The van der Waals surface area contributed by atoms with Crippen LogP contribution in [0.25, 0.3) is 11.1 Å². The van der Waals surface area contributed by atoms with Gasteiger partial charge in [-0.25, -0.2) is 4.79 Å². The van der Waals surface area contributed by atoms with E-state index in [1.165, 1.54) is 37.7 Å². The monoisotopic (exact) mass is 1590 g/mol. The Morgan fingerprint density at radius 3 is 1.95 bits per heavy atom. The van der Waals surface area contributed by atoms with Gasteiger partial charge in [-0.3, -0.25) is 33.6 Å². The van der Waals surface area contributed by atoms with Crippen LogP contribution in [0.3, 0.4) is 0 Å². The van der Waals surface area contributed by atoms with Crippen molar-refractivity contribution in [1.29, 1.82) is 0 Å². The zero-order valence-electron chi connectivity index (χ0n) is 62.0. The molecule has 0 spiro atoms. The summed E-state index contributed by atoms with van der Waals surface area (Å²) in [6.45, 7) is 8.79. The number of benzene rings is 5. The van der Waals surface area contributed by atoms with Gasteiger partial charge in [0, 0.05) is 54.0 Å². The number of primary amides is 1. The number of carboxylic acids is 1. The zero-order valence-corrected chi connectivity index (χ0v) is 63.5. The average Bonchev–Trinajstić information content (AvgIpc) is 0.753. The first kappa shape index (κ1) is 84.6. The highest BCUT2D eigenvalue weighted by Gasteiger charge is 2.52. The van der Waals surface area contributed by atoms with Gasteiger partial charge in [-0.05, 0) is 123 Å². The molecule has 0 radical (unpaired) electrons. The fraction of sp³-hybridized carbons (Fsp3) is 0.513. The number of amides is 5. The van der Waals surface area contributed by atoms with E-state index in [0.29, 0.717) is 6.54 Å². The molecule has 7 aliphatic heterocycles. The van der Waals surface area contributed by atoms with Crippen LogP contribution in [0, 0.1) is 11.8 Å². The van der Waals surface area contributed by atoms with Crippen molar-refractivity contribution < 1.29 is 118 Å². The van der Waals surface area contributed by atoms with Gasteiger partial charge in [-0.1, -0.05) is 107 Å². The molecule has 18 atom stereocenters. The van der Waals surface area contributed by atoms with Crippen molar-refractivity contribution in [2.75, 3.05) is 20.2 Å². The smallest absolute Gasteiger partial charge is 0.330 e. The molecule has 111 heavy (non-hydrogen) atoms. The summed E-state index contributed by atoms with van der Waals surface area (Å²) in [5, 5.41) is 132. The Kier molecular flexibility index (Phi) is 28.1. The van der Waals surface area contributed by atoms with E-state index >= 15 is 19.2 Å². The predicted molar refractivity (Wildman–Crippen MR) is 398 cm³/mol. The number of carbonyl (C=O) groups is 8. The van der Waals surface area contributed by atoms with Crippen LogP contribution in [0.4, 0.5) is 0 Å². The lowest BCUT2D eigenvalue weighted by Crippen LogP contribution is -2.65. The predicted octanol–water partition coefficient (Wildman–Crippen LogP) is 5.85. The minimum Gasteiger partial charge on any atom is -0.508 e. The highest BCUT2D eigenvalue weighted by atomic mass is 35.5. The minimum atomic E-state index is -2.24. The van der Waals surface area contributed by atoms with E-state index in [-0.39, 0.29) is 57.5 Å². The number of carbonyl (C=O) groups excluding carboxylic acids is 7. The van der Waals surface area contributed by atoms with E-state index in [1.54, 1.807) is 13.8 Å². The number of unbranched alkanes of at least 4 members (excludes halogenated alkanes) is 7. The van der Waals surface area contributed by atoms with Gasteiger partial charge in [-0.15, -0.1) is 0 Å². The molecular weight excluding hydrogens is 1490 g/mol. The number of carboxylic acid groups (broad SMARTS) is 1. The number of aliphatic hydroxyl groups is 6. The Hall–Kier alpha value is -8.80. The van der Waals surface area contributed by atoms with E-state index in [2.05, 4.69) is 38.8 Å². The number of halogens is 2. The van der Waals surface area contributed by atoms with Crippen molar-refractivity contribution in [1.82, 2.24) is 31.9 Å². The largest absolute Gasteiger partial charge is 0.508 e. The molecule has 31 nitrogen and oxygen atoms in total. The van der Waals surface area contributed by atoms with Crippen LogP contribution in [0.5, 0.6) is 46.0 Å². The number of fused-ring (bicyclic) bond motifs is 15. The molecule has 602 valence electrons. The van der Waals surface area contributed by atoms with Gasteiger partial charge in [0.25, 0.3) is 0 Å². The van der Waals surface area contributed by atoms with Crippen molar-refractivity contribution in [3.05, 3.63) is 117 Å². The van der Waals surface area contributed by atoms with E-state index in [4.69, 9.17) is 57.4 Å². The SMILES string of the molecule is CCCCCCCCCCNC1(C)CC(OC2C(Oc3c4cc5cc3Oc3ccc(cc3Cl)C(O)C3NC(=O)C(CC(=O)C5NC(=O)C(CC(N)=O)CC(=O)C(NC(=O)C(CC(C)C)NC)C(O)c5ccc(c(Cl)c5)O4)c4ccc(O)c(c4)-c4c(O)cc(O)cc4C(C(=O)O)NC3=O)OC(CO)C(O)C2O)OC(C)C1O. The van der Waals surface area contributed by atoms with Crippen molar-refractivity contribution in [3.8, 4) is 57.1 Å². The third-order valence-electron chi connectivity index (χ3n) is 20.9. The quantitative estimate of drug-likeness (QED) is 0.0341. The van der Waals surface area contributed by atoms with E-state index in [1.807, 2.05) is 13.8 Å². The molecule has 5 amide bonds. The number of phenols is 3. The van der Waals surface area contributed by atoms with Gasteiger partial charge in [0.15, 0.2) is 41.5 Å². The number of phenolic OH excluding ortho intramolecular Hbond substituents is 3. The van der Waals surface area contributed by atoms with Crippen LogP contribution >= 0.6 is 23.2 Å². The lowest BCUT2D eigenvalue weighted by Gasteiger charge is -2.48. The lowest BCUT2D eigenvalue weighted by molar-refractivity contribution is -0.334. The second kappa shape index (κ2) is 36.8. The lowest BCUT2D eigenvalue weighted by atomic mass is 9.84. The topological polar surface area (TPSA) is 492 Å². The van der Waals surface area contributed by atoms with Crippen LogP contribution in [-0.4, -0.2) is 191 Å². The van der Waals surface area contributed by atoms with Gasteiger partial charge in [-0.2, -0.15) is 0 Å². The van der Waals surface area contributed by atoms with E-state index in [9.17, 15) is 70.2 Å². The summed E-state index contributed by atoms with van der Waals surface area (Å²) in [5.74, 6) is -18.3. The maximum Gasteiger partial charge on any atom is 0.330 e. The molecule has 5 aromatic rings. The van der Waals surface area contributed by atoms with Gasteiger partial charge >= 0.3 is 5.97 Å². The number of hydrogen-bond donors (Lipinski definition) is 17. The standard InChI is InChI=1S/C78H97Cl2N7O24/c1-7-8-9-10-11-12-13-14-21-83-78(5)33-59(106-36(4)71(78)99)110-70-68(98)67(97)57(34-88)109-77(70)111-69-55-27-40-28-56(69)108-54-20-17-39(25-47(54)80)66(96)64-75(103)85-62(76(104)105)45-30-42(89)31-50(91)60(45)44-23-37(15-18-49(44)90)43(73(101)87-64)32-52(93)61(40)84-72(100)41(29-58(81)94)26-51(92)63(86-74(102)48(82-6)22-35(2)3)65(95)38-16-19-53(107-55)46(79)24-38/h15-20,23-25,27-28,30-31,35-36,41,43,48,57,59,61-68,70-71,77,82-83,88-91,95-99H,7-14,21-22,26,29,32-34H2,1-6H3,(H2,81,94)(H,84,100)(H,85,103)(H,86,102)(H,87,101)(H,104,105). The maximum atomic E-state index is 16.3. The number of ketones is 2. The molecule has 7 heterocycles. The number of aromatic hydroxyl groups is 3. The maximum absolute atomic E-state index is 16.3. The molecule has 11 bridgehead atoms. The summed E-state index contributed by atoms with van der Waals surface area (Å²) in [6.07, 6.45) is -11.4. The van der Waals surface area contributed by atoms with Crippen molar-refractivity contribution >= 4 is 70.3 Å². The molecule has 12 rings (SSSR count). The third kappa shape index (κ3) is 19.6. The number of likely N-dealkylation sites (N-methyl/N-ethyl adjacent to an activating group) is 1. The molecule has 33 heteroatoms. The van der Waals surface area contributed by atoms with Gasteiger partial charge in [0.05, 0.1) is 46.7 Å². The van der Waals surface area contributed by atoms with Crippen molar-refractivity contribution in [3.63, 3.8) is 0 Å². The second-order valence-electron chi connectivity index (χ2n) is 29.6. The number of Topliss-reactive ketones (excluding diaryl/α,β-unsaturated/α-hetero) is 2. The first-order valence-electron chi connectivity index (χ1n) is 37.1. The molecule has 0 aromatic heterocycles. The fourth-order valence-electron chi connectivity index (χ4n) is 14.8. The first-order chi connectivity index (χ1) is 52.7. The van der Waals surface area contributed by atoms with Crippen LogP contribution in [0.15, 0.2) is 78.9 Å². The highest BCUT2D eigenvalue weighted by Crippen LogP contribution is 2.50. The molecular formula is C78H97Cl2N7O24. The van der Waals surface area contributed by atoms with Gasteiger partial charge < -0.3 is 117 Å². The highest BCUT2D eigenvalue weighted by molar-refractivity contribution is 6.32. The minimum absolute atomic E-state index is 0.0697. The number of ether oxygens (including phenoxy) is 6. The second-order valence-corrected chi connectivity index (χ2v) is 30.4. The number of nitrogens with two attached hydrogens (primary N) is 1. The van der Waals surface area contributed by atoms with Crippen LogP contribution in [0.1, 0.15) is 176 Å². The Balaban J connectivity index is 1.19. The number of hydrogen-bond acceptors (Lipinski definition) is 25. The summed E-state index contributed by atoms with van der Waals surface area (Å²) in [4.78, 5) is 118. The average molecular weight is 1590 g/mol. The molecule has 2 saturated heterocycles. The molecule has 18 unspecified atom stereocenters. The molecule has 2 fully saturated rings. The summed E-state index contributed by atoms with van der Waals surface area (Å²) < 4.78 is 39.5. The van der Waals surface area contributed by atoms with Gasteiger partial charge in [0.1, 0.15) is 77.4 Å². The Labute approximate surface area is 649 Å². The zero-order chi connectivity index (χ0) is 80.6. The number of aliphatic hydroxyl groups excluding tert-OH is 6. The van der Waals surface area contributed by atoms with Crippen LogP contribution in [0.2, 0.25) is 10.0 Å². The number of rotatable bonds is 23.